The second kappa shape index (κ2) is 9.19. The van der Waals surface area contributed by atoms with Gasteiger partial charge in [0.2, 0.25) is 5.91 Å². The highest BCUT2D eigenvalue weighted by Gasteiger charge is 2.48. The SMILES string of the molecule is COCCCNC(=O)[C@]1(C)Cn2nc(-c3ccccc3)cc2C(=O)N1c1ccc(C)c(C)c1. The molecule has 7 nitrogen and oxygen atoms in total. The Balaban J connectivity index is 1.76. The van der Waals surface area contributed by atoms with Crippen molar-refractivity contribution in [3.8, 4) is 11.3 Å². The highest BCUT2D eigenvalue weighted by molar-refractivity contribution is 6.12. The van der Waals surface area contributed by atoms with Crippen LogP contribution < -0.4 is 10.2 Å². The predicted octanol–water partition coefficient (Wildman–Crippen LogP) is 3.74. The van der Waals surface area contributed by atoms with Gasteiger partial charge < -0.3 is 10.1 Å². The molecule has 1 aliphatic rings. The van der Waals surface area contributed by atoms with E-state index in [1.54, 1.807) is 23.6 Å². The fourth-order valence-electron chi connectivity index (χ4n) is 4.21. The van der Waals surface area contributed by atoms with Crippen molar-refractivity contribution in [2.45, 2.75) is 39.3 Å². The van der Waals surface area contributed by atoms with E-state index in [-0.39, 0.29) is 18.4 Å². The monoisotopic (exact) mass is 446 g/mol. The maximum atomic E-state index is 13.8. The number of amides is 2. The van der Waals surface area contributed by atoms with Crippen LogP contribution in [0.25, 0.3) is 11.3 Å². The zero-order chi connectivity index (χ0) is 23.6. The minimum Gasteiger partial charge on any atom is -0.385 e. The lowest BCUT2D eigenvalue weighted by Crippen LogP contribution is -2.64. The number of benzene rings is 2. The van der Waals surface area contributed by atoms with Crippen LogP contribution in [0, 0.1) is 13.8 Å². The van der Waals surface area contributed by atoms with Crippen molar-refractivity contribution in [2.24, 2.45) is 0 Å². The van der Waals surface area contributed by atoms with Gasteiger partial charge in [0.25, 0.3) is 5.91 Å². The third-order valence-corrected chi connectivity index (χ3v) is 6.27. The van der Waals surface area contributed by atoms with Gasteiger partial charge in [-0.05, 0) is 56.5 Å². The summed E-state index contributed by atoms with van der Waals surface area (Å²) in [5.74, 6) is -0.457. The summed E-state index contributed by atoms with van der Waals surface area (Å²) in [6, 6.07) is 17.4. The number of aryl methyl sites for hydroxylation is 2. The Labute approximate surface area is 194 Å². The molecular formula is C26H30N4O3. The molecule has 0 spiro atoms. The van der Waals surface area contributed by atoms with Crippen LogP contribution in [-0.2, 0) is 16.1 Å². The Morgan fingerprint density at radius 2 is 1.88 bits per heavy atom. The number of anilines is 1. The second-order valence-corrected chi connectivity index (χ2v) is 8.72. The molecule has 1 aliphatic heterocycles. The van der Waals surface area contributed by atoms with E-state index < -0.39 is 5.54 Å². The zero-order valence-electron chi connectivity index (χ0n) is 19.6. The van der Waals surface area contributed by atoms with Gasteiger partial charge in [0.15, 0.2) is 0 Å². The molecule has 33 heavy (non-hydrogen) atoms. The molecule has 0 radical (unpaired) electrons. The molecule has 1 aromatic heterocycles. The Kier molecular flexibility index (Phi) is 6.33. The van der Waals surface area contributed by atoms with Crippen LogP contribution in [0.2, 0.25) is 0 Å². The number of rotatable bonds is 7. The van der Waals surface area contributed by atoms with Gasteiger partial charge in [0, 0.05) is 31.5 Å². The fraction of sp³-hybridized carbons (Fsp3) is 0.346. The van der Waals surface area contributed by atoms with Gasteiger partial charge in [0.1, 0.15) is 11.2 Å². The van der Waals surface area contributed by atoms with E-state index in [1.807, 2.05) is 68.4 Å². The molecule has 2 aromatic carbocycles. The molecule has 7 heteroatoms. The fourth-order valence-corrected chi connectivity index (χ4v) is 4.21. The molecule has 2 heterocycles. The number of nitrogens with zero attached hydrogens (tertiary/aromatic N) is 3. The molecule has 1 N–H and O–H groups in total. The number of hydrogen-bond donors (Lipinski definition) is 1. The Morgan fingerprint density at radius 1 is 1.12 bits per heavy atom. The van der Waals surface area contributed by atoms with Gasteiger partial charge in [-0.1, -0.05) is 36.4 Å². The van der Waals surface area contributed by atoms with E-state index in [0.29, 0.717) is 36.6 Å². The van der Waals surface area contributed by atoms with Gasteiger partial charge in [-0.2, -0.15) is 5.10 Å². The van der Waals surface area contributed by atoms with Crippen LogP contribution in [0.5, 0.6) is 0 Å². The highest BCUT2D eigenvalue weighted by Crippen LogP contribution is 2.35. The number of nitrogens with one attached hydrogen (secondary N) is 1. The van der Waals surface area contributed by atoms with Gasteiger partial charge in [0.05, 0.1) is 12.2 Å². The largest absolute Gasteiger partial charge is 0.385 e. The Bertz CT molecular complexity index is 1170. The number of aromatic nitrogens is 2. The standard InChI is InChI=1S/C26H30N4O3/c1-18-11-12-21(15-19(18)2)30-24(31)23-16-22(20-9-6-5-7-10-20)28-29(23)17-26(30,3)25(32)27-13-8-14-33-4/h5-7,9-12,15-16H,8,13-14,17H2,1-4H3,(H,27,32)/t26-/m0/s1. The Hall–Kier alpha value is -3.45. The number of carbonyl (C=O) groups excluding carboxylic acids is 2. The number of hydrogen-bond acceptors (Lipinski definition) is 4. The third kappa shape index (κ3) is 4.28. The molecule has 0 saturated heterocycles. The van der Waals surface area contributed by atoms with Crippen molar-refractivity contribution >= 4 is 17.5 Å². The van der Waals surface area contributed by atoms with Crippen molar-refractivity contribution in [1.29, 1.82) is 0 Å². The van der Waals surface area contributed by atoms with Gasteiger partial charge in [-0.3, -0.25) is 19.2 Å². The average Bonchev–Trinajstić information content (AvgIpc) is 3.23. The van der Waals surface area contributed by atoms with Crippen molar-refractivity contribution in [3.63, 3.8) is 0 Å². The summed E-state index contributed by atoms with van der Waals surface area (Å²) in [6.07, 6.45) is 0.696. The van der Waals surface area contributed by atoms with Crippen molar-refractivity contribution in [1.82, 2.24) is 15.1 Å². The summed E-state index contributed by atoms with van der Waals surface area (Å²) in [5.41, 5.74) is 3.86. The molecule has 0 bridgehead atoms. The van der Waals surface area contributed by atoms with E-state index in [4.69, 9.17) is 4.74 Å². The predicted molar refractivity (Wildman–Crippen MR) is 128 cm³/mol. The first-order valence-corrected chi connectivity index (χ1v) is 11.2. The summed E-state index contributed by atoms with van der Waals surface area (Å²) in [4.78, 5) is 28.9. The number of ether oxygens (including phenoxy) is 1. The van der Waals surface area contributed by atoms with Crippen LogP contribution >= 0.6 is 0 Å². The summed E-state index contributed by atoms with van der Waals surface area (Å²) in [6.45, 7) is 7.12. The minimum atomic E-state index is -1.14. The van der Waals surface area contributed by atoms with Crippen molar-refractivity contribution < 1.29 is 14.3 Å². The first-order valence-electron chi connectivity index (χ1n) is 11.2. The van der Waals surface area contributed by atoms with Crippen LogP contribution in [0.3, 0.4) is 0 Å². The normalized spacial score (nSPS) is 17.7. The summed E-state index contributed by atoms with van der Waals surface area (Å²) in [7, 11) is 1.63. The quantitative estimate of drug-likeness (QED) is 0.561. The molecule has 0 saturated carbocycles. The minimum absolute atomic E-state index is 0.215. The smallest absolute Gasteiger partial charge is 0.277 e. The molecule has 2 amide bonds. The Morgan fingerprint density at radius 3 is 2.58 bits per heavy atom. The van der Waals surface area contributed by atoms with E-state index in [1.165, 1.54) is 0 Å². The zero-order valence-corrected chi connectivity index (χ0v) is 19.6. The molecule has 4 rings (SSSR count). The molecular weight excluding hydrogens is 416 g/mol. The van der Waals surface area contributed by atoms with E-state index in [9.17, 15) is 9.59 Å². The molecule has 3 aromatic rings. The molecule has 0 aliphatic carbocycles. The van der Waals surface area contributed by atoms with Crippen LogP contribution in [0.15, 0.2) is 54.6 Å². The molecule has 1 atom stereocenters. The first-order chi connectivity index (χ1) is 15.8. The number of carbonyl (C=O) groups is 2. The maximum absolute atomic E-state index is 13.8. The topological polar surface area (TPSA) is 76.5 Å². The summed E-state index contributed by atoms with van der Waals surface area (Å²) >= 11 is 0. The lowest BCUT2D eigenvalue weighted by Gasteiger charge is -2.43. The first kappa shape index (κ1) is 22.7. The summed E-state index contributed by atoms with van der Waals surface area (Å²) < 4.78 is 6.75. The average molecular weight is 447 g/mol. The van der Waals surface area contributed by atoms with Crippen molar-refractivity contribution in [2.75, 3.05) is 25.2 Å². The van der Waals surface area contributed by atoms with Crippen LogP contribution in [-0.4, -0.2) is 47.4 Å². The van der Waals surface area contributed by atoms with Crippen LogP contribution in [0.4, 0.5) is 5.69 Å². The van der Waals surface area contributed by atoms with E-state index in [0.717, 1.165) is 16.7 Å². The van der Waals surface area contributed by atoms with Crippen LogP contribution in [0.1, 0.15) is 35.0 Å². The molecule has 172 valence electrons. The molecule has 0 unspecified atom stereocenters. The summed E-state index contributed by atoms with van der Waals surface area (Å²) in [5, 5.41) is 7.68. The lowest BCUT2D eigenvalue weighted by atomic mass is 9.93. The molecule has 0 fully saturated rings. The third-order valence-electron chi connectivity index (χ3n) is 6.27. The van der Waals surface area contributed by atoms with E-state index >= 15 is 0 Å². The van der Waals surface area contributed by atoms with Crippen molar-refractivity contribution in [3.05, 3.63) is 71.4 Å². The lowest BCUT2D eigenvalue weighted by molar-refractivity contribution is -0.126. The maximum Gasteiger partial charge on any atom is 0.277 e. The highest BCUT2D eigenvalue weighted by atomic mass is 16.5. The number of methoxy groups -OCH3 is 1. The van der Waals surface area contributed by atoms with Gasteiger partial charge in [-0.15, -0.1) is 0 Å². The number of fused-ring (bicyclic) bond motifs is 1. The van der Waals surface area contributed by atoms with Gasteiger partial charge in [-0.25, -0.2) is 0 Å². The second-order valence-electron chi connectivity index (χ2n) is 8.72. The van der Waals surface area contributed by atoms with E-state index in [2.05, 4.69) is 10.4 Å². The van der Waals surface area contributed by atoms with Gasteiger partial charge >= 0.3 is 0 Å².